The van der Waals surface area contributed by atoms with Gasteiger partial charge in [-0.2, -0.15) is 0 Å². The molecule has 1 fully saturated rings. The van der Waals surface area contributed by atoms with E-state index in [0.29, 0.717) is 42.6 Å². The van der Waals surface area contributed by atoms with E-state index in [4.69, 9.17) is 10.5 Å². The van der Waals surface area contributed by atoms with Gasteiger partial charge in [0.25, 0.3) is 5.91 Å². The van der Waals surface area contributed by atoms with E-state index in [1.54, 1.807) is 54.5 Å². The Kier molecular flexibility index (Phi) is 7.23. The van der Waals surface area contributed by atoms with Crippen LogP contribution in [0.3, 0.4) is 0 Å². The first-order valence-electron chi connectivity index (χ1n) is 9.47. The van der Waals surface area contributed by atoms with E-state index < -0.39 is 18.0 Å². The molecule has 10 heteroatoms. The molecule has 2 amide bonds. The average Bonchev–Trinajstić information content (AvgIpc) is 2.78. The number of rotatable bonds is 7. The molecular weight excluding hydrogens is 406 g/mol. The molecule has 9 nitrogen and oxygen atoms in total. The minimum absolute atomic E-state index is 0.0498. The third-order valence-electron chi connectivity index (χ3n) is 4.53. The minimum atomic E-state index is -0.925. The van der Waals surface area contributed by atoms with E-state index in [-0.39, 0.29) is 11.7 Å². The largest absolute Gasteiger partial charge is 0.449 e. The van der Waals surface area contributed by atoms with Gasteiger partial charge in [0.05, 0.1) is 11.3 Å². The van der Waals surface area contributed by atoms with E-state index in [0.717, 1.165) is 11.8 Å². The van der Waals surface area contributed by atoms with Gasteiger partial charge in [0, 0.05) is 43.5 Å². The summed E-state index contributed by atoms with van der Waals surface area (Å²) in [5, 5.41) is 0. The van der Waals surface area contributed by atoms with E-state index in [1.165, 1.54) is 0 Å². The van der Waals surface area contributed by atoms with Crippen molar-refractivity contribution < 1.29 is 19.1 Å². The van der Waals surface area contributed by atoms with E-state index in [9.17, 15) is 14.4 Å². The van der Waals surface area contributed by atoms with Gasteiger partial charge < -0.3 is 20.3 Å². The first-order chi connectivity index (χ1) is 14.5. The summed E-state index contributed by atoms with van der Waals surface area (Å²) in [5.41, 5.74) is 5.48. The van der Waals surface area contributed by atoms with Gasteiger partial charge in [-0.1, -0.05) is 12.1 Å². The summed E-state index contributed by atoms with van der Waals surface area (Å²) in [5.74, 6) is -0.659. The van der Waals surface area contributed by atoms with E-state index >= 15 is 0 Å². The quantitative estimate of drug-likeness (QED) is 0.510. The van der Waals surface area contributed by atoms with Gasteiger partial charge in [-0.25, -0.2) is 14.8 Å². The van der Waals surface area contributed by atoms with Crippen LogP contribution in [-0.2, 0) is 14.3 Å². The lowest BCUT2D eigenvalue weighted by molar-refractivity contribution is -0.140. The molecule has 3 rings (SSSR count). The van der Waals surface area contributed by atoms with Crippen molar-refractivity contribution in [1.82, 2.24) is 14.9 Å². The number of aromatic nitrogens is 2. The van der Waals surface area contributed by atoms with Crippen LogP contribution in [0.5, 0.6) is 0 Å². The highest BCUT2D eigenvalue weighted by molar-refractivity contribution is 8.00. The Bertz CT molecular complexity index is 903. The molecule has 2 N–H and O–H groups in total. The van der Waals surface area contributed by atoms with Crippen LogP contribution in [0, 0.1) is 0 Å². The predicted molar refractivity (Wildman–Crippen MR) is 112 cm³/mol. The van der Waals surface area contributed by atoms with E-state index in [2.05, 4.69) is 9.97 Å². The van der Waals surface area contributed by atoms with Crippen LogP contribution in [0.25, 0.3) is 0 Å². The van der Waals surface area contributed by atoms with Crippen LogP contribution in [0.4, 0.5) is 5.95 Å². The zero-order valence-electron chi connectivity index (χ0n) is 16.6. The first kappa shape index (κ1) is 21.6. The lowest BCUT2D eigenvalue weighted by Crippen LogP contribution is -2.52. The van der Waals surface area contributed by atoms with E-state index in [1.807, 2.05) is 4.90 Å². The van der Waals surface area contributed by atoms with Crippen molar-refractivity contribution >= 4 is 35.5 Å². The number of carbonyl (C=O) groups is 3. The molecule has 1 unspecified atom stereocenters. The van der Waals surface area contributed by atoms with Crippen LogP contribution in [0.2, 0.25) is 0 Å². The maximum atomic E-state index is 12.7. The standard InChI is InChI=1S/C20H23N5O4S/c1-14(29-19(28)15-5-2-3-6-16(15)30-13-17(21)26)18(27)24-9-11-25(12-10-24)20-22-7-4-8-23-20/h2-8,14H,9-13H2,1H3,(H2,21,26). The third-order valence-corrected chi connectivity index (χ3v) is 5.63. The van der Waals surface area contributed by atoms with Gasteiger partial charge in [0.15, 0.2) is 6.10 Å². The summed E-state index contributed by atoms with van der Waals surface area (Å²) in [6.45, 7) is 3.74. The molecule has 1 saturated heterocycles. The van der Waals surface area contributed by atoms with Gasteiger partial charge in [-0.05, 0) is 25.1 Å². The number of carbonyl (C=O) groups excluding carboxylic acids is 3. The highest BCUT2D eigenvalue weighted by atomic mass is 32.2. The molecule has 0 bridgehead atoms. The first-order valence-corrected chi connectivity index (χ1v) is 10.5. The second-order valence-electron chi connectivity index (χ2n) is 6.66. The summed E-state index contributed by atoms with van der Waals surface area (Å²) in [6, 6.07) is 8.51. The molecule has 158 valence electrons. The average molecular weight is 430 g/mol. The number of hydrogen-bond acceptors (Lipinski definition) is 8. The maximum absolute atomic E-state index is 12.7. The van der Waals surface area contributed by atoms with Crippen LogP contribution in [-0.4, -0.2) is 70.7 Å². The van der Waals surface area contributed by atoms with Crippen molar-refractivity contribution in [2.75, 3.05) is 36.8 Å². The normalized spacial score (nSPS) is 14.8. The number of ether oxygens (including phenoxy) is 1. The number of piperazine rings is 1. The number of nitrogens with zero attached hydrogens (tertiary/aromatic N) is 4. The maximum Gasteiger partial charge on any atom is 0.340 e. The predicted octanol–water partition coefficient (Wildman–Crippen LogP) is 0.948. The number of thioether (sulfide) groups is 1. The Hall–Kier alpha value is -3.14. The van der Waals surface area contributed by atoms with Crippen molar-refractivity contribution in [3.05, 3.63) is 48.3 Å². The summed E-state index contributed by atoms with van der Waals surface area (Å²) < 4.78 is 5.41. The lowest BCUT2D eigenvalue weighted by atomic mass is 10.2. The molecule has 0 spiro atoms. The number of esters is 1. The highest BCUT2D eigenvalue weighted by Crippen LogP contribution is 2.23. The smallest absolute Gasteiger partial charge is 0.340 e. The fourth-order valence-electron chi connectivity index (χ4n) is 3.02. The molecule has 0 saturated carbocycles. The van der Waals surface area contributed by atoms with Crippen molar-refractivity contribution in [1.29, 1.82) is 0 Å². The molecule has 2 heterocycles. The minimum Gasteiger partial charge on any atom is -0.449 e. The highest BCUT2D eigenvalue weighted by Gasteiger charge is 2.28. The summed E-state index contributed by atoms with van der Waals surface area (Å²) >= 11 is 1.16. The molecule has 1 aliphatic rings. The monoisotopic (exact) mass is 429 g/mol. The Morgan fingerprint density at radius 1 is 1.10 bits per heavy atom. The van der Waals surface area contributed by atoms with Crippen molar-refractivity contribution in [2.24, 2.45) is 5.73 Å². The molecule has 1 aromatic heterocycles. The lowest BCUT2D eigenvalue weighted by Gasteiger charge is -2.35. The Balaban J connectivity index is 1.56. The topological polar surface area (TPSA) is 119 Å². The Morgan fingerprint density at radius 2 is 1.77 bits per heavy atom. The molecule has 1 aromatic carbocycles. The zero-order chi connectivity index (χ0) is 21.5. The zero-order valence-corrected chi connectivity index (χ0v) is 17.4. The number of primary amides is 1. The fourth-order valence-corrected chi connectivity index (χ4v) is 3.80. The van der Waals surface area contributed by atoms with Gasteiger partial charge in [-0.15, -0.1) is 11.8 Å². The van der Waals surface area contributed by atoms with Crippen molar-refractivity contribution in [2.45, 2.75) is 17.9 Å². The third kappa shape index (κ3) is 5.47. The van der Waals surface area contributed by atoms with Crippen molar-refractivity contribution in [3.63, 3.8) is 0 Å². The molecule has 0 aliphatic carbocycles. The Morgan fingerprint density at radius 3 is 2.43 bits per heavy atom. The van der Waals surface area contributed by atoms with Crippen LogP contribution in [0.1, 0.15) is 17.3 Å². The number of benzene rings is 1. The van der Waals surface area contributed by atoms with Gasteiger partial charge in [-0.3, -0.25) is 9.59 Å². The number of nitrogens with two attached hydrogens (primary N) is 1. The number of amides is 2. The second kappa shape index (κ2) is 10.1. The summed E-state index contributed by atoms with van der Waals surface area (Å²) in [7, 11) is 0. The van der Waals surface area contributed by atoms with Crippen LogP contribution >= 0.6 is 11.8 Å². The molecular formula is C20H23N5O4S. The summed E-state index contributed by atoms with van der Waals surface area (Å²) in [4.78, 5) is 49.1. The van der Waals surface area contributed by atoms with Gasteiger partial charge >= 0.3 is 5.97 Å². The van der Waals surface area contributed by atoms with Gasteiger partial charge in [0.2, 0.25) is 11.9 Å². The Labute approximate surface area is 178 Å². The molecule has 30 heavy (non-hydrogen) atoms. The molecule has 1 atom stereocenters. The number of hydrogen-bond donors (Lipinski definition) is 1. The molecule has 0 radical (unpaired) electrons. The second-order valence-corrected chi connectivity index (χ2v) is 7.68. The van der Waals surface area contributed by atoms with Crippen LogP contribution < -0.4 is 10.6 Å². The number of anilines is 1. The van der Waals surface area contributed by atoms with Crippen LogP contribution in [0.15, 0.2) is 47.6 Å². The van der Waals surface area contributed by atoms with Crippen molar-refractivity contribution in [3.8, 4) is 0 Å². The molecule has 1 aliphatic heterocycles. The summed E-state index contributed by atoms with van der Waals surface area (Å²) in [6.07, 6.45) is 2.44. The van der Waals surface area contributed by atoms with Gasteiger partial charge in [0.1, 0.15) is 0 Å². The SMILES string of the molecule is CC(OC(=O)c1ccccc1SCC(N)=O)C(=O)N1CCN(c2ncccn2)CC1. The molecule has 2 aromatic rings. The fraction of sp³-hybridized carbons (Fsp3) is 0.350.